The molecule has 2 aliphatic carbocycles. The van der Waals surface area contributed by atoms with E-state index in [-0.39, 0.29) is 11.8 Å². The SMILES string of the molecule is NC(=O)C1CCN(CCCOC2CCC(OC3CCCCC3)CC2)CC1. The fourth-order valence-electron chi connectivity index (χ4n) is 4.79. The highest BCUT2D eigenvalue weighted by Crippen LogP contribution is 2.28. The molecule has 0 radical (unpaired) electrons. The van der Waals surface area contributed by atoms with Crippen LogP contribution < -0.4 is 5.73 Å². The molecule has 26 heavy (non-hydrogen) atoms. The van der Waals surface area contributed by atoms with Gasteiger partial charge in [0.25, 0.3) is 0 Å². The average Bonchev–Trinajstić information content (AvgIpc) is 2.68. The lowest BCUT2D eigenvalue weighted by Crippen LogP contribution is -2.39. The van der Waals surface area contributed by atoms with Gasteiger partial charge >= 0.3 is 0 Å². The maximum atomic E-state index is 11.2. The van der Waals surface area contributed by atoms with Gasteiger partial charge in [0.05, 0.1) is 18.3 Å². The lowest BCUT2D eigenvalue weighted by atomic mass is 9.93. The first-order valence-electron chi connectivity index (χ1n) is 11.0. The molecule has 0 aromatic rings. The lowest BCUT2D eigenvalue weighted by Gasteiger charge is -2.33. The number of rotatable bonds is 8. The molecule has 5 nitrogen and oxygen atoms in total. The molecule has 2 saturated carbocycles. The zero-order chi connectivity index (χ0) is 18.2. The normalized spacial score (nSPS) is 29.7. The van der Waals surface area contributed by atoms with Crippen molar-refractivity contribution in [3.05, 3.63) is 0 Å². The minimum Gasteiger partial charge on any atom is -0.378 e. The Morgan fingerprint density at radius 1 is 0.846 bits per heavy atom. The van der Waals surface area contributed by atoms with Crippen LogP contribution in [0.25, 0.3) is 0 Å². The number of nitrogens with two attached hydrogens (primary N) is 1. The van der Waals surface area contributed by atoms with Gasteiger partial charge in [-0.2, -0.15) is 0 Å². The summed E-state index contributed by atoms with van der Waals surface area (Å²) >= 11 is 0. The molecule has 3 aliphatic rings. The van der Waals surface area contributed by atoms with Gasteiger partial charge in [-0.3, -0.25) is 4.79 Å². The van der Waals surface area contributed by atoms with Crippen molar-refractivity contribution < 1.29 is 14.3 Å². The molecule has 0 atom stereocenters. The Kier molecular flexibility index (Phi) is 8.21. The molecule has 2 N–H and O–H groups in total. The van der Waals surface area contributed by atoms with Gasteiger partial charge in [-0.25, -0.2) is 0 Å². The molecule has 1 amide bonds. The average molecular weight is 367 g/mol. The van der Waals surface area contributed by atoms with E-state index in [1.54, 1.807) is 0 Å². The topological polar surface area (TPSA) is 64.8 Å². The first kappa shape index (κ1) is 20.1. The maximum Gasteiger partial charge on any atom is 0.220 e. The van der Waals surface area contributed by atoms with Gasteiger partial charge in [0, 0.05) is 19.1 Å². The highest BCUT2D eigenvalue weighted by atomic mass is 16.5. The number of piperidine rings is 1. The summed E-state index contributed by atoms with van der Waals surface area (Å²) in [5.74, 6) is -0.0374. The molecule has 0 spiro atoms. The van der Waals surface area contributed by atoms with Crippen LogP contribution in [-0.2, 0) is 14.3 Å². The van der Waals surface area contributed by atoms with E-state index in [2.05, 4.69) is 4.90 Å². The van der Waals surface area contributed by atoms with Crippen molar-refractivity contribution in [3.63, 3.8) is 0 Å². The third-order valence-corrected chi connectivity index (χ3v) is 6.52. The number of amides is 1. The van der Waals surface area contributed by atoms with E-state index < -0.39 is 0 Å². The molecule has 0 unspecified atom stereocenters. The summed E-state index contributed by atoms with van der Waals surface area (Å²) in [6.45, 7) is 3.93. The van der Waals surface area contributed by atoms with E-state index in [0.717, 1.165) is 58.3 Å². The number of nitrogens with zero attached hydrogens (tertiary/aromatic N) is 1. The highest BCUT2D eigenvalue weighted by Gasteiger charge is 2.26. The fraction of sp³-hybridized carbons (Fsp3) is 0.952. The van der Waals surface area contributed by atoms with Crippen LogP contribution in [0, 0.1) is 5.92 Å². The molecule has 0 aromatic heterocycles. The van der Waals surface area contributed by atoms with Gasteiger partial charge in [-0.1, -0.05) is 19.3 Å². The predicted octanol–water partition coefficient (Wildman–Crippen LogP) is 3.25. The molecule has 0 aromatic carbocycles. The first-order valence-corrected chi connectivity index (χ1v) is 11.0. The molecule has 3 rings (SSSR count). The number of hydrogen-bond acceptors (Lipinski definition) is 4. The number of carbonyl (C=O) groups is 1. The van der Waals surface area contributed by atoms with Gasteiger partial charge in [0.1, 0.15) is 0 Å². The van der Waals surface area contributed by atoms with Crippen molar-refractivity contribution in [2.45, 2.75) is 95.4 Å². The number of hydrogen-bond donors (Lipinski definition) is 1. The second-order valence-corrected chi connectivity index (χ2v) is 8.54. The third-order valence-electron chi connectivity index (χ3n) is 6.52. The van der Waals surface area contributed by atoms with Crippen LogP contribution in [0.2, 0.25) is 0 Å². The molecule has 0 bridgehead atoms. The van der Waals surface area contributed by atoms with Crippen molar-refractivity contribution >= 4 is 5.91 Å². The summed E-state index contributed by atoms with van der Waals surface area (Å²) in [6, 6.07) is 0. The van der Waals surface area contributed by atoms with Crippen LogP contribution in [0.15, 0.2) is 0 Å². The minimum absolute atomic E-state index is 0.0912. The summed E-state index contributed by atoms with van der Waals surface area (Å²) in [4.78, 5) is 13.6. The van der Waals surface area contributed by atoms with Gasteiger partial charge in [0.2, 0.25) is 5.91 Å². The second kappa shape index (κ2) is 10.6. The number of likely N-dealkylation sites (tertiary alicyclic amines) is 1. The zero-order valence-corrected chi connectivity index (χ0v) is 16.4. The van der Waals surface area contributed by atoms with Crippen LogP contribution >= 0.6 is 0 Å². The van der Waals surface area contributed by atoms with E-state index in [1.165, 1.54) is 44.9 Å². The Hall–Kier alpha value is -0.650. The molecule has 1 aliphatic heterocycles. The van der Waals surface area contributed by atoms with Gasteiger partial charge < -0.3 is 20.1 Å². The molecule has 5 heteroatoms. The molecule has 1 heterocycles. The third kappa shape index (κ3) is 6.50. The quantitative estimate of drug-likeness (QED) is 0.670. The van der Waals surface area contributed by atoms with Gasteiger partial charge in [-0.15, -0.1) is 0 Å². The predicted molar refractivity (Wildman–Crippen MR) is 103 cm³/mol. The maximum absolute atomic E-state index is 11.2. The lowest BCUT2D eigenvalue weighted by molar-refractivity contribution is -0.123. The standard InChI is InChI=1S/C21H38N2O3/c22-21(24)17-11-14-23(15-12-17)13-4-16-25-18-7-9-20(10-8-18)26-19-5-2-1-3-6-19/h17-20H,1-16H2,(H2,22,24). The largest absolute Gasteiger partial charge is 0.378 e. The Bertz CT molecular complexity index is 409. The van der Waals surface area contributed by atoms with Crippen molar-refractivity contribution in [2.75, 3.05) is 26.2 Å². The van der Waals surface area contributed by atoms with Crippen molar-refractivity contribution in [3.8, 4) is 0 Å². The molecule has 1 saturated heterocycles. The van der Waals surface area contributed by atoms with Crippen LogP contribution in [0.3, 0.4) is 0 Å². The number of ether oxygens (including phenoxy) is 2. The van der Waals surface area contributed by atoms with Crippen LogP contribution in [0.4, 0.5) is 0 Å². The fourth-order valence-corrected chi connectivity index (χ4v) is 4.79. The Labute approximate surface area is 159 Å². The Morgan fingerprint density at radius 3 is 2.12 bits per heavy atom. The van der Waals surface area contributed by atoms with E-state index in [4.69, 9.17) is 15.2 Å². The first-order chi connectivity index (χ1) is 12.7. The molecule has 3 fully saturated rings. The van der Waals surface area contributed by atoms with Crippen molar-refractivity contribution in [1.29, 1.82) is 0 Å². The van der Waals surface area contributed by atoms with Gasteiger partial charge in [-0.05, 0) is 70.9 Å². The molecular weight excluding hydrogens is 328 g/mol. The Balaban J connectivity index is 1.20. The van der Waals surface area contributed by atoms with Gasteiger partial charge in [0.15, 0.2) is 0 Å². The highest BCUT2D eigenvalue weighted by molar-refractivity contribution is 5.76. The van der Waals surface area contributed by atoms with Crippen LogP contribution in [0.5, 0.6) is 0 Å². The molecular formula is C21H38N2O3. The van der Waals surface area contributed by atoms with Crippen LogP contribution in [-0.4, -0.2) is 55.4 Å². The monoisotopic (exact) mass is 366 g/mol. The van der Waals surface area contributed by atoms with E-state index >= 15 is 0 Å². The minimum atomic E-state index is -0.129. The number of carbonyl (C=O) groups excluding carboxylic acids is 1. The summed E-state index contributed by atoms with van der Waals surface area (Å²) in [5.41, 5.74) is 5.39. The van der Waals surface area contributed by atoms with E-state index in [0.29, 0.717) is 18.3 Å². The Morgan fingerprint density at radius 2 is 1.46 bits per heavy atom. The van der Waals surface area contributed by atoms with Crippen molar-refractivity contribution in [1.82, 2.24) is 4.90 Å². The summed E-state index contributed by atoms with van der Waals surface area (Å²) in [7, 11) is 0. The zero-order valence-electron chi connectivity index (χ0n) is 16.4. The van der Waals surface area contributed by atoms with E-state index in [9.17, 15) is 4.79 Å². The summed E-state index contributed by atoms with van der Waals surface area (Å²) < 4.78 is 12.4. The smallest absolute Gasteiger partial charge is 0.220 e. The van der Waals surface area contributed by atoms with Crippen molar-refractivity contribution in [2.24, 2.45) is 11.7 Å². The summed E-state index contributed by atoms with van der Waals surface area (Å²) in [5, 5.41) is 0. The summed E-state index contributed by atoms with van der Waals surface area (Å²) in [6.07, 6.45) is 15.6. The second-order valence-electron chi connectivity index (χ2n) is 8.54. The van der Waals surface area contributed by atoms with E-state index in [1.807, 2.05) is 0 Å². The molecule has 150 valence electrons. The number of primary amides is 1. The van der Waals surface area contributed by atoms with Crippen LogP contribution in [0.1, 0.15) is 77.0 Å².